The summed E-state index contributed by atoms with van der Waals surface area (Å²) in [6.07, 6.45) is 0. The van der Waals surface area contributed by atoms with Crippen LogP contribution in [0.15, 0.2) is 24.8 Å². The van der Waals surface area contributed by atoms with Crippen molar-refractivity contribution in [2.24, 2.45) is 0 Å². The first-order valence-electron chi connectivity index (χ1n) is 3.76. The van der Waals surface area contributed by atoms with Gasteiger partial charge in [0.25, 0.3) is 0 Å². The van der Waals surface area contributed by atoms with Gasteiger partial charge in [-0.15, -0.1) is 0 Å². The molecular formula is C10H10BrClO. The molecule has 1 aromatic rings. The Hall–Kier alpha value is -0.470. The molecule has 13 heavy (non-hydrogen) atoms. The van der Waals surface area contributed by atoms with Crippen LogP contribution in [0.4, 0.5) is 0 Å². The molecule has 0 fully saturated rings. The van der Waals surface area contributed by atoms with Gasteiger partial charge in [-0.05, 0) is 29.3 Å². The summed E-state index contributed by atoms with van der Waals surface area (Å²) >= 11 is 9.35. The molecule has 0 atom stereocenters. The summed E-state index contributed by atoms with van der Waals surface area (Å²) < 4.78 is 5.04. The molecule has 1 aromatic carbocycles. The Bertz CT molecular complexity index is 323. The second kappa shape index (κ2) is 4.68. The highest BCUT2D eigenvalue weighted by molar-refractivity contribution is 9.09. The van der Waals surface area contributed by atoms with Gasteiger partial charge >= 0.3 is 0 Å². The van der Waals surface area contributed by atoms with Crippen molar-refractivity contribution in [1.29, 1.82) is 0 Å². The third kappa shape index (κ3) is 2.48. The molecule has 0 amide bonds. The van der Waals surface area contributed by atoms with E-state index in [-0.39, 0.29) is 0 Å². The lowest BCUT2D eigenvalue weighted by Crippen LogP contribution is -1.88. The van der Waals surface area contributed by atoms with Crippen molar-refractivity contribution < 1.29 is 4.74 Å². The van der Waals surface area contributed by atoms with Crippen molar-refractivity contribution >= 4 is 33.1 Å². The first-order valence-corrected chi connectivity index (χ1v) is 5.26. The molecule has 0 aliphatic carbocycles. The van der Waals surface area contributed by atoms with E-state index in [1.165, 1.54) is 0 Å². The third-order valence-corrected chi connectivity index (χ3v) is 2.71. The minimum atomic E-state index is 0.670. The van der Waals surface area contributed by atoms with E-state index >= 15 is 0 Å². The number of methoxy groups -OCH3 is 1. The van der Waals surface area contributed by atoms with E-state index in [0.717, 1.165) is 22.2 Å². The average molecular weight is 262 g/mol. The summed E-state index contributed by atoms with van der Waals surface area (Å²) in [5.74, 6) is 0.760. The molecule has 0 saturated heterocycles. The zero-order valence-corrected chi connectivity index (χ0v) is 9.65. The van der Waals surface area contributed by atoms with E-state index in [9.17, 15) is 0 Å². The summed E-state index contributed by atoms with van der Waals surface area (Å²) in [7, 11) is 1.62. The van der Waals surface area contributed by atoms with E-state index in [1.807, 2.05) is 12.1 Å². The van der Waals surface area contributed by atoms with Crippen LogP contribution < -0.4 is 4.74 Å². The Kier molecular flexibility index (Phi) is 3.82. The molecule has 1 rings (SSSR count). The first kappa shape index (κ1) is 10.6. The number of allylic oxidation sites excluding steroid dienone is 1. The second-order valence-electron chi connectivity index (χ2n) is 2.58. The normalized spacial score (nSPS) is 9.77. The monoisotopic (exact) mass is 260 g/mol. The Morgan fingerprint density at radius 1 is 1.62 bits per heavy atom. The molecule has 0 heterocycles. The van der Waals surface area contributed by atoms with Crippen molar-refractivity contribution in [3.05, 3.63) is 35.4 Å². The maximum Gasteiger partial charge on any atom is 0.120 e. The van der Waals surface area contributed by atoms with Gasteiger partial charge in [-0.3, -0.25) is 0 Å². The second-order valence-corrected chi connectivity index (χ2v) is 3.55. The van der Waals surface area contributed by atoms with Crippen LogP contribution in [0.25, 0.3) is 5.57 Å². The van der Waals surface area contributed by atoms with Crippen molar-refractivity contribution in [1.82, 2.24) is 0 Å². The molecule has 1 nitrogen and oxygen atoms in total. The lowest BCUT2D eigenvalue weighted by atomic mass is 10.1. The maximum absolute atomic E-state index is 6.02. The van der Waals surface area contributed by atoms with Gasteiger partial charge in [0.2, 0.25) is 0 Å². The Labute approximate surface area is 91.5 Å². The topological polar surface area (TPSA) is 9.23 Å². The van der Waals surface area contributed by atoms with Gasteiger partial charge in [0.1, 0.15) is 5.75 Å². The highest BCUT2D eigenvalue weighted by atomic mass is 79.9. The van der Waals surface area contributed by atoms with Crippen LogP contribution in [0.1, 0.15) is 5.56 Å². The van der Waals surface area contributed by atoms with Crippen LogP contribution in [0.2, 0.25) is 5.02 Å². The number of hydrogen-bond acceptors (Lipinski definition) is 1. The standard InChI is InChI=1S/C10H10BrClO/c1-7(6-11)9-4-3-8(13-2)5-10(9)12/h3-5H,1,6H2,2H3. The van der Waals surface area contributed by atoms with E-state index in [0.29, 0.717) is 5.02 Å². The lowest BCUT2D eigenvalue weighted by molar-refractivity contribution is 0.415. The maximum atomic E-state index is 6.02. The summed E-state index contributed by atoms with van der Waals surface area (Å²) in [5, 5.41) is 1.39. The minimum absolute atomic E-state index is 0.670. The summed E-state index contributed by atoms with van der Waals surface area (Å²) in [4.78, 5) is 0. The number of alkyl halides is 1. The highest BCUT2D eigenvalue weighted by Gasteiger charge is 2.04. The molecule has 0 bridgehead atoms. The average Bonchev–Trinajstić information content (AvgIpc) is 2.16. The Morgan fingerprint density at radius 3 is 2.77 bits per heavy atom. The molecule has 0 saturated carbocycles. The van der Waals surface area contributed by atoms with Crippen LogP contribution in [0.5, 0.6) is 5.75 Å². The minimum Gasteiger partial charge on any atom is -0.497 e. The Morgan fingerprint density at radius 2 is 2.31 bits per heavy atom. The predicted octanol–water partition coefficient (Wildman–Crippen LogP) is 3.76. The van der Waals surface area contributed by atoms with E-state index < -0.39 is 0 Å². The summed E-state index contributed by atoms with van der Waals surface area (Å²) in [6, 6.07) is 5.56. The van der Waals surface area contributed by atoms with Crippen molar-refractivity contribution in [3.63, 3.8) is 0 Å². The summed E-state index contributed by atoms with van der Waals surface area (Å²) in [5.41, 5.74) is 1.92. The fourth-order valence-electron chi connectivity index (χ4n) is 0.982. The van der Waals surface area contributed by atoms with E-state index in [1.54, 1.807) is 13.2 Å². The fraction of sp³-hybridized carbons (Fsp3) is 0.200. The van der Waals surface area contributed by atoms with Crippen LogP contribution in [-0.4, -0.2) is 12.4 Å². The van der Waals surface area contributed by atoms with Crippen molar-refractivity contribution in [2.75, 3.05) is 12.4 Å². The van der Waals surface area contributed by atoms with Crippen LogP contribution in [0.3, 0.4) is 0 Å². The predicted molar refractivity (Wildman–Crippen MR) is 60.8 cm³/mol. The molecule has 0 aromatic heterocycles. The van der Waals surface area contributed by atoms with E-state index in [4.69, 9.17) is 16.3 Å². The van der Waals surface area contributed by atoms with Crippen LogP contribution in [-0.2, 0) is 0 Å². The van der Waals surface area contributed by atoms with Crippen molar-refractivity contribution in [2.45, 2.75) is 0 Å². The van der Waals surface area contributed by atoms with Gasteiger partial charge in [0.05, 0.1) is 12.1 Å². The SMILES string of the molecule is C=C(CBr)c1ccc(OC)cc1Cl. The number of benzene rings is 1. The first-order chi connectivity index (χ1) is 6.19. The van der Waals surface area contributed by atoms with Gasteiger partial charge in [-0.25, -0.2) is 0 Å². The van der Waals surface area contributed by atoms with Gasteiger partial charge in [0, 0.05) is 5.33 Å². The van der Waals surface area contributed by atoms with E-state index in [2.05, 4.69) is 22.5 Å². The third-order valence-electron chi connectivity index (χ3n) is 1.72. The number of hydrogen-bond donors (Lipinski definition) is 0. The van der Waals surface area contributed by atoms with Gasteiger partial charge in [-0.2, -0.15) is 0 Å². The largest absolute Gasteiger partial charge is 0.497 e. The fourth-order valence-corrected chi connectivity index (χ4v) is 1.59. The molecule has 0 aliphatic heterocycles. The lowest BCUT2D eigenvalue weighted by Gasteiger charge is -2.06. The van der Waals surface area contributed by atoms with Gasteiger partial charge < -0.3 is 4.74 Å². The highest BCUT2D eigenvalue weighted by Crippen LogP contribution is 2.27. The number of ether oxygens (including phenoxy) is 1. The van der Waals surface area contributed by atoms with Crippen LogP contribution >= 0.6 is 27.5 Å². The molecule has 0 aliphatic rings. The molecule has 0 radical (unpaired) electrons. The summed E-state index contributed by atoms with van der Waals surface area (Å²) in [6.45, 7) is 3.89. The zero-order chi connectivity index (χ0) is 9.84. The molecule has 0 spiro atoms. The number of halogens is 2. The molecule has 70 valence electrons. The molecule has 0 unspecified atom stereocenters. The number of rotatable bonds is 3. The molecular weight excluding hydrogens is 251 g/mol. The van der Waals surface area contributed by atoms with Gasteiger partial charge in [0.15, 0.2) is 0 Å². The molecule has 0 N–H and O–H groups in total. The quantitative estimate of drug-likeness (QED) is 0.753. The smallest absolute Gasteiger partial charge is 0.120 e. The van der Waals surface area contributed by atoms with Crippen LogP contribution in [0, 0.1) is 0 Å². The molecule has 3 heteroatoms. The van der Waals surface area contributed by atoms with Gasteiger partial charge in [-0.1, -0.05) is 34.1 Å². The van der Waals surface area contributed by atoms with Crippen molar-refractivity contribution in [3.8, 4) is 5.75 Å². The Balaban J connectivity index is 3.05. The zero-order valence-electron chi connectivity index (χ0n) is 7.31.